The van der Waals surface area contributed by atoms with E-state index in [0.29, 0.717) is 0 Å². The lowest BCUT2D eigenvalue weighted by Gasteiger charge is -2.08. The molecule has 0 radical (unpaired) electrons. The molecule has 0 heterocycles. The Morgan fingerprint density at radius 1 is 1.15 bits per heavy atom. The van der Waals surface area contributed by atoms with Gasteiger partial charge in [-0.25, -0.2) is 21.6 Å². The average molecular weight is 229 g/mol. The van der Waals surface area contributed by atoms with E-state index < -0.39 is 25.1 Å². The van der Waals surface area contributed by atoms with Crippen molar-refractivity contribution < 1.29 is 16.8 Å². The van der Waals surface area contributed by atoms with E-state index in [1.165, 1.54) is 13.8 Å². The van der Waals surface area contributed by atoms with Crippen LogP contribution in [0.15, 0.2) is 0 Å². The number of rotatable bonds is 5. The molecule has 0 aliphatic carbocycles. The predicted octanol–water partition coefficient (Wildman–Crippen LogP) is -0.641. The molecule has 0 amide bonds. The van der Waals surface area contributed by atoms with Crippen LogP contribution in [0.3, 0.4) is 0 Å². The summed E-state index contributed by atoms with van der Waals surface area (Å²) in [6, 6.07) is 0. The molecule has 80 valence electrons. The highest BCUT2D eigenvalue weighted by molar-refractivity contribution is 7.91. The first kappa shape index (κ1) is 12.9. The molecule has 0 aliphatic heterocycles. The summed E-state index contributed by atoms with van der Waals surface area (Å²) in [6.07, 6.45) is 1.07. The van der Waals surface area contributed by atoms with Crippen LogP contribution < -0.4 is 4.72 Å². The van der Waals surface area contributed by atoms with Gasteiger partial charge in [0, 0.05) is 12.8 Å². The molecule has 0 saturated carbocycles. The zero-order valence-corrected chi connectivity index (χ0v) is 9.57. The Balaban J connectivity index is 4.07. The van der Waals surface area contributed by atoms with Gasteiger partial charge in [-0.15, -0.1) is 0 Å². The van der Waals surface area contributed by atoms with Crippen molar-refractivity contribution in [1.29, 1.82) is 0 Å². The third-order valence-corrected chi connectivity index (χ3v) is 4.19. The smallest absolute Gasteiger partial charge is 0.213 e. The minimum absolute atomic E-state index is 0.0562. The number of hydrogen-bond acceptors (Lipinski definition) is 4. The Morgan fingerprint density at radius 3 is 1.92 bits per heavy atom. The van der Waals surface area contributed by atoms with E-state index in [1.807, 2.05) is 0 Å². The van der Waals surface area contributed by atoms with Crippen LogP contribution in [0.2, 0.25) is 0 Å². The van der Waals surface area contributed by atoms with Crippen LogP contribution in [0.4, 0.5) is 0 Å². The van der Waals surface area contributed by atoms with Crippen molar-refractivity contribution in [1.82, 2.24) is 4.72 Å². The molecule has 0 aliphatic rings. The maximum atomic E-state index is 11.1. The molecule has 0 unspecified atom stereocenters. The Morgan fingerprint density at radius 2 is 1.62 bits per heavy atom. The molecule has 0 aromatic carbocycles. The summed E-state index contributed by atoms with van der Waals surface area (Å²) < 4.78 is 45.7. The quantitative estimate of drug-likeness (QED) is 0.680. The molecule has 0 saturated heterocycles. The first-order valence-electron chi connectivity index (χ1n) is 3.81. The highest BCUT2D eigenvalue weighted by Gasteiger charge is 2.15. The highest BCUT2D eigenvalue weighted by Crippen LogP contribution is 1.95. The molecule has 0 fully saturated rings. The van der Waals surface area contributed by atoms with Crippen LogP contribution in [0.1, 0.15) is 13.8 Å². The standard InChI is InChI=1S/C6H15NO4S2/c1-6(2)13(10,11)7-4-5-12(3,8)9/h6-7H,4-5H2,1-3H3. The first-order valence-corrected chi connectivity index (χ1v) is 7.42. The summed E-state index contributed by atoms with van der Waals surface area (Å²) in [6.45, 7) is 3.00. The largest absolute Gasteiger partial charge is 0.229 e. The molecular weight excluding hydrogens is 214 g/mol. The molecule has 0 aromatic rings. The molecule has 0 atom stereocenters. The van der Waals surface area contributed by atoms with Crippen LogP contribution in [0, 0.1) is 0 Å². The number of sulfonamides is 1. The van der Waals surface area contributed by atoms with Gasteiger partial charge in [-0.1, -0.05) is 0 Å². The molecule has 7 heteroatoms. The van der Waals surface area contributed by atoms with Crippen molar-refractivity contribution >= 4 is 19.9 Å². The first-order chi connectivity index (χ1) is 5.65. The third-order valence-electron chi connectivity index (χ3n) is 1.40. The zero-order chi connectivity index (χ0) is 10.7. The maximum absolute atomic E-state index is 11.1. The van der Waals surface area contributed by atoms with Crippen LogP contribution >= 0.6 is 0 Å². The van der Waals surface area contributed by atoms with E-state index in [2.05, 4.69) is 4.72 Å². The van der Waals surface area contributed by atoms with Gasteiger partial charge in [-0.05, 0) is 13.8 Å². The predicted molar refractivity (Wildman–Crippen MR) is 51.8 cm³/mol. The second kappa shape index (κ2) is 4.39. The summed E-state index contributed by atoms with van der Waals surface area (Å²) >= 11 is 0. The Hall–Kier alpha value is -0.140. The summed E-state index contributed by atoms with van der Waals surface area (Å²) in [7, 11) is -6.43. The maximum Gasteiger partial charge on any atom is 0.213 e. The van der Waals surface area contributed by atoms with E-state index in [4.69, 9.17) is 0 Å². The number of nitrogens with one attached hydrogen (secondary N) is 1. The van der Waals surface area contributed by atoms with Crippen molar-refractivity contribution in [2.24, 2.45) is 0 Å². The third kappa shape index (κ3) is 6.00. The van der Waals surface area contributed by atoms with Crippen molar-refractivity contribution in [2.45, 2.75) is 19.1 Å². The highest BCUT2D eigenvalue weighted by atomic mass is 32.2. The SMILES string of the molecule is CC(C)S(=O)(=O)NCCS(C)(=O)=O. The fraction of sp³-hybridized carbons (Fsp3) is 1.00. The molecule has 0 aromatic heterocycles. The second-order valence-electron chi connectivity index (χ2n) is 3.12. The molecule has 0 rings (SSSR count). The normalized spacial score (nSPS) is 13.5. The van der Waals surface area contributed by atoms with Gasteiger partial charge >= 0.3 is 0 Å². The summed E-state index contributed by atoms with van der Waals surface area (Å²) in [5, 5.41) is -0.535. The van der Waals surface area contributed by atoms with E-state index in [1.54, 1.807) is 0 Å². The van der Waals surface area contributed by atoms with Gasteiger partial charge in [0.15, 0.2) is 0 Å². The van der Waals surface area contributed by atoms with Crippen molar-refractivity contribution in [3.63, 3.8) is 0 Å². The minimum Gasteiger partial charge on any atom is -0.229 e. The lowest BCUT2D eigenvalue weighted by molar-refractivity contribution is 0.573. The lowest BCUT2D eigenvalue weighted by atomic mass is 10.6. The van der Waals surface area contributed by atoms with Crippen molar-refractivity contribution in [3.05, 3.63) is 0 Å². The summed E-state index contributed by atoms with van der Waals surface area (Å²) in [5.74, 6) is -0.168. The van der Waals surface area contributed by atoms with E-state index in [0.717, 1.165) is 6.26 Å². The lowest BCUT2D eigenvalue weighted by Crippen LogP contribution is -2.34. The average Bonchev–Trinajstić information content (AvgIpc) is 1.82. The minimum atomic E-state index is -3.34. The van der Waals surface area contributed by atoms with Crippen LogP contribution in [0.25, 0.3) is 0 Å². The zero-order valence-electron chi connectivity index (χ0n) is 7.94. The van der Waals surface area contributed by atoms with Gasteiger partial charge in [0.2, 0.25) is 10.0 Å². The van der Waals surface area contributed by atoms with Crippen LogP contribution in [-0.4, -0.2) is 40.6 Å². The van der Waals surface area contributed by atoms with Gasteiger partial charge in [0.1, 0.15) is 9.84 Å². The van der Waals surface area contributed by atoms with Crippen LogP contribution in [-0.2, 0) is 19.9 Å². The van der Waals surface area contributed by atoms with E-state index in [-0.39, 0.29) is 12.3 Å². The Kier molecular flexibility index (Phi) is 4.34. The summed E-state index contributed by atoms with van der Waals surface area (Å²) in [4.78, 5) is 0. The van der Waals surface area contributed by atoms with Crippen molar-refractivity contribution in [2.75, 3.05) is 18.6 Å². The second-order valence-corrected chi connectivity index (χ2v) is 7.70. The fourth-order valence-electron chi connectivity index (χ4n) is 0.536. The number of sulfone groups is 1. The molecule has 1 N–H and O–H groups in total. The Bertz CT molecular complexity index is 341. The van der Waals surface area contributed by atoms with E-state index >= 15 is 0 Å². The van der Waals surface area contributed by atoms with Gasteiger partial charge in [0.25, 0.3) is 0 Å². The molecule has 0 spiro atoms. The van der Waals surface area contributed by atoms with Gasteiger partial charge in [0.05, 0.1) is 11.0 Å². The Labute approximate surface area is 79.5 Å². The van der Waals surface area contributed by atoms with Gasteiger partial charge in [-0.2, -0.15) is 0 Å². The molecule has 13 heavy (non-hydrogen) atoms. The number of hydrogen-bond donors (Lipinski definition) is 1. The fourth-order valence-corrected chi connectivity index (χ4v) is 1.86. The van der Waals surface area contributed by atoms with Crippen LogP contribution in [0.5, 0.6) is 0 Å². The summed E-state index contributed by atoms with van der Waals surface area (Å²) in [5.41, 5.74) is 0. The van der Waals surface area contributed by atoms with Crippen molar-refractivity contribution in [3.8, 4) is 0 Å². The monoisotopic (exact) mass is 229 g/mol. The van der Waals surface area contributed by atoms with E-state index in [9.17, 15) is 16.8 Å². The molecule has 0 bridgehead atoms. The van der Waals surface area contributed by atoms with Gasteiger partial charge in [-0.3, -0.25) is 0 Å². The van der Waals surface area contributed by atoms with Gasteiger partial charge < -0.3 is 0 Å². The molecule has 5 nitrogen and oxygen atoms in total. The topological polar surface area (TPSA) is 80.3 Å². The molecular formula is C6H15NO4S2.